The Morgan fingerprint density at radius 1 is 1.44 bits per heavy atom. The molecule has 1 heterocycles. The molecule has 1 atom stereocenters. The lowest BCUT2D eigenvalue weighted by molar-refractivity contribution is 0.121. The third-order valence-corrected chi connectivity index (χ3v) is 4.57. The molecule has 0 aliphatic carbocycles. The molecule has 2 N–H and O–H groups in total. The second-order valence-corrected chi connectivity index (χ2v) is 6.43. The molecular weight excluding hydrogens is 242 g/mol. The molecule has 1 unspecified atom stereocenters. The number of aryl methyl sites for hydroxylation is 1. The van der Waals surface area contributed by atoms with E-state index < -0.39 is 0 Å². The van der Waals surface area contributed by atoms with Gasteiger partial charge in [-0.1, -0.05) is 26.2 Å². The van der Waals surface area contributed by atoms with Gasteiger partial charge in [-0.05, 0) is 27.3 Å². The number of hydrogen-bond donors (Lipinski definition) is 1. The number of likely N-dealkylation sites (N-methyl/N-ethyl adjacent to an activating group) is 1. The van der Waals surface area contributed by atoms with E-state index in [-0.39, 0.29) is 5.54 Å². The Kier molecular flexibility index (Phi) is 6.26. The monoisotopic (exact) mass is 269 g/mol. The fourth-order valence-corrected chi connectivity index (χ4v) is 2.72. The third kappa shape index (κ3) is 4.34. The van der Waals surface area contributed by atoms with Crippen LogP contribution in [0.1, 0.15) is 50.2 Å². The minimum absolute atomic E-state index is 0.0900. The standard InChI is InChI=1S/C14H27N3S/c1-5-6-7-8-14(3,11-15)17(4)9-13-10-18-12(2)16-13/h10H,5-9,11,15H2,1-4H3. The number of aromatic nitrogens is 1. The Bertz CT molecular complexity index is 351. The molecule has 0 aromatic carbocycles. The second-order valence-electron chi connectivity index (χ2n) is 5.37. The molecule has 1 aromatic rings. The van der Waals surface area contributed by atoms with Crippen LogP contribution in [0.25, 0.3) is 0 Å². The summed E-state index contributed by atoms with van der Waals surface area (Å²) >= 11 is 1.72. The summed E-state index contributed by atoms with van der Waals surface area (Å²) in [6.07, 6.45) is 4.97. The van der Waals surface area contributed by atoms with Crippen LogP contribution in [-0.4, -0.2) is 29.0 Å². The van der Waals surface area contributed by atoms with E-state index in [0.29, 0.717) is 6.54 Å². The van der Waals surface area contributed by atoms with Crippen LogP contribution in [0.5, 0.6) is 0 Å². The topological polar surface area (TPSA) is 42.1 Å². The van der Waals surface area contributed by atoms with Gasteiger partial charge in [0.2, 0.25) is 0 Å². The minimum Gasteiger partial charge on any atom is -0.329 e. The number of nitrogens with two attached hydrogens (primary N) is 1. The molecule has 0 saturated heterocycles. The van der Waals surface area contributed by atoms with E-state index in [1.165, 1.54) is 19.3 Å². The first-order valence-electron chi connectivity index (χ1n) is 6.84. The molecule has 0 radical (unpaired) electrons. The molecule has 0 spiro atoms. The quantitative estimate of drug-likeness (QED) is 0.737. The molecule has 18 heavy (non-hydrogen) atoms. The number of nitrogens with zero attached hydrogens (tertiary/aromatic N) is 2. The van der Waals surface area contributed by atoms with Gasteiger partial charge in [0.1, 0.15) is 0 Å². The van der Waals surface area contributed by atoms with Crippen LogP contribution in [-0.2, 0) is 6.54 Å². The number of rotatable bonds is 8. The van der Waals surface area contributed by atoms with E-state index in [4.69, 9.17) is 5.73 Å². The predicted molar refractivity (Wildman–Crippen MR) is 79.9 cm³/mol. The van der Waals surface area contributed by atoms with Crippen LogP contribution in [0.15, 0.2) is 5.38 Å². The summed E-state index contributed by atoms with van der Waals surface area (Å²) in [6.45, 7) is 8.15. The maximum Gasteiger partial charge on any atom is 0.0897 e. The Hall–Kier alpha value is -0.450. The van der Waals surface area contributed by atoms with Crippen LogP contribution in [0.3, 0.4) is 0 Å². The van der Waals surface area contributed by atoms with Crippen molar-refractivity contribution in [2.45, 2.75) is 58.5 Å². The molecule has 0 saturated carbocycles. The molecule has 4 heteroatoms. The summed E-state index contributed by atoms with van der Waals surface area (Å²) in [5.41, 5.74) is 7.24. The van der Waals surface area contributed by atoms with Gasteiger partial charge in [-0.15, -0.1) is 11.3 Å². The average molecular weight is 269 g/mol. The predicted octanol–water partition coefficient (Wildman–Crippen LogP) is 3.18. The first-order valence-corrected chi connectivity index (χ1v) is 7.72. The van der Waals surface area contributed by atoms with Gasteiger partial charge >= 0.3 is 0 Å². The van der Waals surface area contributed by atoms with E-state index >= 15 is 0 Å². The van der Waals surface area contributed by atoms with Crippen LogP contribution in [0.4, 0.5) is 0 Å². The van der Waals surface area contributed by atoms with E-state index in [1.54, 1.807) is 11.3 Å². The molecule has 3 nitrogen and oxygen atoms in total. The lowest BCUT2D eigenvalue weighted by atomic mass is 9.92. The first-order chi connectivity index (χ1) is 8.51. The molecule has 104 valence electrons. The molecule has 0 aliphatic rings. The fraction of sp³-hybridized carbons (Fsp3) is 0.786. The van der Waals surface area contributed by atoms with Gasteiger partial charge < -0.3 is 5.73 Å². The van der Waals surface area contributed by atoms with Crippen molar-refractivity contribution in [3.05, 3.63) is 16.1 Å². The van der Waals surface area contributed by atoms with Gasteiger partial charge in [-0.3, -0.25) is 4.90 Å². The number of hydrogen-bond acceptors (Lipinski definition) is 4. The van der Waals surface area contributed by atoms with Crippen molar-refractivity contribution < 1.29 is 0 Å². The molecular formula is C14H27N3S. The van der Waals surface area contributed by atoms with E-state index in [2.05, 4.69) is 43.1 Å². The highest BCUT2D eigenvalue weighted by Crippen LogP contribution is 2.22. The minimum atomic E-state index is 0.0900. The Labute approximate surface area is 115 Å². The summed E-state index contributed by atoms with van der Waals surface area (Å²) in [4.78, 5) is 6.89. The first kappa shape index (κ1) is 15.6. The Morgan fingerprint density at radius 3 is 2.67 bits per heavy atom. The molecule has 0 bridgehead atoms. The average Bonchev–Trinajstić information content (AvgIpc) is 2.74. The zero-order valence-electron chi connectivity index (χ0n) is 12.2. The van der Waals surface area contributed by atoms with Crippen molar-refractivity contribution in [2.24, 2.45) is 5.73 Å². The van der Waals surface area contributed by atoms with Crippen LogP contribution < -0.4 is 5.73 Å². The zero-order valence-corrected chi connectivity index (χ0v) is 13.0. The highest BCUT2D eigenvalue weighted by Gasteiger charge is 2.27. The van der Waals surface area contributed by atoms with E-state index in [1.807, 2.05) is 0 Å². The second kappa shape index (κ2) is 7.22. The largest absolute Gasteiger partial charge is 0.329 e. The summed E-state index contributed by atoms with van der Waals surface area (Å²) in [5.74, 6) is 0. The van der Waals surface area contributed by atoms with Crippen molar-refractivity contribution in [3.63, 3.8) is 0 Å². The summed E-state index contributed by atoms with van der Waals surface area (Å²) in [5, 5.41) is 3.29. The van der Waals surface area contributed by atoms with Crippen LogP contribution in [0.2, 0.25) is 0 Å². The molecule has 0 amide bonds. The van der Waals surface area contributed by atoms with Gasteiger partial charge in [0, 0.05) is 24.0 Å². The van der Waals surface area contributed by atoms with Crippen molar-refractivity contribution in [1.29, 1.82) is 0 Å². The lowest BCUT2D eigenvalue weighted by Crippen LogP contribution is -2.49. The Balaban J connectivity index is 2.57. The fourth-order valence-electron chi connectivity index (χ4n) is 2.12. The zero-order chi connectivity index (χ0) is 13.6. The van der Waals surface area contributed by atoms with Gasteiger partial charge in [0.25, 0.3) is 0 Å². The van der Waals surface area contributed by atoms with Crippen molar-refractivity contribution in [3.8, 4) is 0 Å². The third-order valence-electron chi connectivity index (χ3n) is 3.75. The van der Waals surface area contributed by atoms with Gasteiger partial charge in [-0.2, -0.15) is 0 Å². The van der Waals surface area contributed by atoms with Crippen LogP contribution in [0, 0.1) is 6.92 Å². The summed E-state index contributed by atoms with van der Waals surface area (Å²) in [6, 6.07) is 0. The molecule has 1 aromatic heterocycles. The van der Waals surface area contributed by atoms with Crippen molar-refractivity contribution >= 4 is 11.3 Å². The normalized spacial score (nSPS) is 15.0. The van der Waals surface area contributed by atoms with E-state index in [0.717, 1.165) is 23.7 Å². The summed E-state index contributed by atoms with van der Waals surface area (Å²) in [7, 11) is 2.16. The summed E-state index contributed by atoms with van der Waals surface area (Å²) < 4.78 is 0. The lowest BCUT2D eigenvalue weighted by Gasteiger charge is -2.38. The number of unbranched alkanes of at least 4 members (excludes halogenated alkanes) is 2. The highest BCUT2D eigenvalue weighted by atomic mass is 32.1. The van der Waals surface area contributed by atoms with E-state index in [9.17, 15) is 0 Å². The smallest absolute Gasteiger partial charge is 0.0897 e. The maximum absolute atomic E-state index is 5.99. The van der Waals surface area contributed by atoms with Gasteiger partial charge in [-0.25, -0.2) is 4.98 Å². The highest BCUT2D eigenvalue weighted by molar-refractivity contribution is 7.09. The van der Waals surface area contributed by atoms with Crippen molar-refractivity contribution in [2.75, 3.05) is 13.6 Å². The molecule has 1 rings (SSSR count). The molecule has 0 fully saturated rings. The van der Waals surface area contributed by atoms with Gasteiger partial charge in [0.15, 0.2) is 0 Å². The van der Waals surface area contributed by atoms with Gasteiger partial charge in [0.05, 0.1) is 10.7 Å². The SMILES string of the molecule is CCCCCC(C)(CN)N(C)Cc1csc(C)n1. The maximum atomic E-state index is 5.99. The Morgan fingerprint density at radius 2 is 2.17 bits per heavy atom. The van der Waals surface area contributed by atoms with Crippen LogP contribution >= 0.6 is 11.3 Å². The number of thiazole rings is 1. The molecule has 0 aliphatic heterocycles. The van der Waals surface area contributed by atoms with Crippen molar-refractivity contribution in [1.82, 2.24) is 9.88 Å².